The van der Waals surface area contributed by atoms with Crippen molar-refractivity contribution in [3.63, 3.8) is 0 Å². The van der Waals surface area contributed by atoms with Gasteiger partial charge in [-0.3, -0.25) is 4.40 Å². The van der Waals surface area contributed by atoms with Crippen molar-refractivity contribution in [1.29, 1.82) is 0 Å². The van der Waals surface area contributed by atoms with E-state index in [4.69, 9.17) is 28.2 Å². The van der Waals surface area contributed by atoms with E-state index in [2.05, 4.69) is 28.1 Å². The second-order valence-electron chi connectivity index (χ2n) is 7.05. The predicted octanol–water partition coefficient (Wildman–Crippen LogP) is 5.67. The van der Waals surface area contributed by atoms with E-state index < -0.39 is 0 Å². The third kappa shape index (κ3) is 3.40. The maximum absolute atomic E-state index is 6.34. The van der Waals surface area contributed by atoms with Gasteiger partial charge in [-0.05, 0) is 30.4 Å². The van der Waals surface area contributed by atoms with E-state index in [0.717, 1.165) is 34.5 Å². The second kappa shape index (κ2) is 7.29. The van der Waals surface area contributed by atoms with Gasteiger partial charge in [-0.2, -0.15) is 0 Å². The van der Waals surface area contributed by atoms with Crippen molar-refractivity contribution < 1.29 is 0 Å². The van der Waals surface area contributed by atoms with Gasteiger partial charge < -0.3 is 4.90 Å². The van der Waals surface area contributed by atoms with Gasteiger partial charge in [0, 0.05) is 36.6 Å². The molecule has 3 heterocycles. The molecule has 0 N–H and O–H groups in total. The number of piperidine rings is 1. The average Bonchev–Trinajstić information content (AvgIpc) is 3.08. The molecule has 0 radical (unpaired) electrons. The Labute approximate surface area is 167 Å². The molecule has 0 spiro atoms. The monoisotopic (exact) mass is 406 g/mol. The average molecular weight is 407 g/mol. The molecule has 26 heavy (non-hydrogen) atoms. The highest BCUT2D eigenvalue weighted by Gasteiger charge is 2.25. The van der Waals surface area contributed by atoms with Crippen molar-refractivity contribution in [1.82, 2.24) is 14.4 Å². The fraction of sp³-hybridized carbons (Fsp3) is 0.368. The molecule has 7 heteroatoms. The van der Waals surface area contributed by atoms with Gasteiger partial charge in [0.2, 0.25) is 5.95 Å². The molecule has 0 saturated carbocycles. The number of benzene rings is 1. The summed E-state index contributed by atoms with van der Waals surface area (Å²) in [6.45, 7) is 6.66. The summed E-state index contributed by atoms with van der Waals surface area (Å²) in [6.07, 6.45) is 6.96. The second-order valence-corrected chi connectivity index (χ2v) is 8.92. The van der Waals surface area contributed by atoms with Gasteiger partial charge in [0.25, 0.3) is 0 Å². The Morgan fingerprint density at radius 1 is 1.08 bits per heavy atom. The Hall–Kier alpha value is -1.43. The summed E-state index contributed by atoms with van der Waals surface area (Å²) in [5.74, 6) is 2.29. The third-order valence-corrected chi connectivity index (χ3v) is 6.66. The van der Waals surface area contributed by atoms with E-state index in [1.807, 2.05) is 30.7 Å². The van der Waals surface area contributed by atoms with Crippen molar-refractivity contribution in [2.75, 3.05) is 18.0 Å². The first-order valence-corrected chi connectivity index (χ1v) is 10.3. The van der Waals surface area contributed by atoms with E-state index in [1.54, 1.807) is 6.07 Å². The molecule has 136 valence electrons. The topological polar surface area (TPSA) is 33.4 Å². The van der Waals surface area contributed by atoms with Crippen molar-refractivity contribution >= 4 is 46.6 Å². The highest BCUT2D eigenvalue weighted by Crippen LogP contribution is 2.39. The van der Waals surface area contributed by atoms with Crippen LogP contribution in [0.4, 0.5) is 5.95 Å². The highest BCUT2D eigenvalue weighted by atomic mass is 35.5. The molecule has 0 bridgehead atoms. The predicted molar refractivity (Wildman–Crippen MR) is 109 cm³/mol. The maximum Gasteiger partial charge on any atom is 0.211 e. The summed E-state index contributed by atoms with van der Waals surface area (Å²) >= 11 is 14.0. The van der Waals surface area contributed by atoms with Gasteiger partial charge in [0.15, 0.2) is 5.65 Å². The number of rotatable bonds is 3. The SMILES string of the molecule is CC1CC(C)CN(c2ncc(Sc3cccc(Cl)c3Cl)c3nccn23)C1. The fourth-order valence-electron chi connectivity index (χ4n) is 3.70. The molecule has 1 aliphatic heterocycles. The van der Waals surface area contributed by atoms with Crippen molar-refractivity contribution in [3.05, 3.63) is 46.8 Å². The van der Waals surface area contributed by atoms with E-state index in [9.17, 15) is 0 Å². The molecule has 4 nitrogen and oxygen atoms in total. The number of imidazole rings is 1. The first kappa shape index (κ1) is 18.0. The van der Waals surface area contributed by atoms with Crippen LogP contribution in [0.1, 0.15) is 20.3 Å². The Bertz CT molecular complexity index is 932. The summed E-state index contributed by atoms with van der Waals surface area (Å²) in [5.41, 5.74) is 0.891. The van der Waals surface area contributed by atoms with Gasteiger partial charge >= 0.3 is 0 Å². The molecule has 0 amide bonds. The molecule has 1 aromatic carbocycles. The van der Waals surface area contributed by atoms with Crippen molar-refractivity contribution in [2.24, 2.45) is 11.8 Å². The first-order chi connectivity index (χ1) is 12.5. The van der Waals surface area contributed by atoms with Gasteiger partial charge in [0.1, 0.15) is 0 Å². The Balaban J connectivity index is 1.71. The van der Waals surface area contributed by atoms with Crippen LogP contribution >= 0.6 is 35.0 Å². The lowest BCUT2D eigenvalue weighted by Crippen LogP contribution is -2.40. The number of hydrogen-bond donors (Lipinski definition) is 0. The lowest BCUT2D eigenvalue weighted by atomic mass is 9.92. The van der Waals surface area contributed by atoms with Crippen LogP contribution in [0.3, 0.4) is 0 Å². The zero-order valence-electron chi connectivity index (χ0n) is 14.7. The van der Waals surface area contributed by atoms with Crippen LogP contribution in [-0.2, 0) is 0 Å². The first-order valence-electron chi connectivity index (χ1n) is 8.72. The third-order valence-electron chi connectivity index (χ3n) is 4.66. The van der Waals surface area contributed by atoms with Crippen LogP contribution < -0.4 is 4.90 Å². The quantitative estimate of drug-likeness (QED) is 0.560. The van der Waals surface area contributed by atoms with Crippen molar-refractivity contribution in [2.45, 2.75) is 30.1 Å². The van der Waals surface area contributed by atoms with E-state index in [1.165, 1.54) is 18.2 Å². The molecule has 1 saturated heterocycles. The van der Waals surface area contributed by atoms with Gasteiger partial charge in [-0.25, -0.2) is 9.97 Å². The number of fused-ring (bicyclic) bond motifs is 1. The summed E-state index contributed by atoms with van der Waals surface area (Å²) in [5, 5.41) is 1.11. The largest absolute Gasteiger partial charge is 0.341 e. The summed E-state index contributed by atoms with van der Waals surface area (Å²) in [7, 11) is 0. The zero-order valence-corrected chi connectivity index (χ0v) is 17.0. The Kier molecular flexibility index (Phi) is 5.04. The highest BCUT2D eigenvalue weighted by molar-refractivity contribution is 7.99. The molecule has 2 atom stereocenters. The zero-order chi connectivity index (χ0) is 18.3. The molecular formula is C19H20Cl2N4S. The minimum absolute atomic E-state index is 0.553. The van der Waals surface area contributed by atoms with Crippen LogP contribution in [0.15, 0.2) is 46.6 Å². The number of aromatic nitrogens is 3. The molecule has 1 fully saturated rings. The standard InChI is InChI=1S/C19H20Cl2N4S/c1-12-8-13(2)11-24(10-12)19-23-9-16(18-22-6-7-25(18)19)26-15-5-3-4-14(20)17(15)21/h3-7,9,12-13H,8,10-11H2,1-2H3. The van der Waals surface area contributed by atoms with Crippen LogP contribution in [-0.4, -0.2) is 27.5 Å². The molecule has 2 unspecified atom stereocenters. The van der Waals surface area contributed by atoms with E-state index >= 15 is 0 Å². The van der Waals surface area contributed by atoms with Crippen molar-refractivity contribution in [3.8, 4) is 0 Å². The molecule has 0 aliphatic carbocycles. The van der Waals surface area contributed by atoms with E-state index in [-0.39, 0.29) is 0 Å². The number of nitrogens with zero attached hydrogens (tertiary/aromatic N) is 4. The van der Waals surface area contributed by atoms with Gasteiger partial charge in [-0.1, -0.05) is 54.9 Å². The summed E-state index contributed by atoms with van der Waals surface area (Å²) in [4.78, 5) is 13.6. The lowest BCUT2D eigenvalue weighted by molar-refractivity contribution is 0.353. The maximum atomic E-state index is 6.34. The van der Waals surface area contributed by atoms with Gasteiger partial charge in [-0.15, -0.1) is 0 Å². The smallest absolute Gasteiger partial charge is 0.211 e. The molecular weight excluding hydrogens is 387 g/mol. The Morgan fingerprint density at radius 3 is 2.62 bits per heavy atom. The Morgan fingerprint density at radius 2 is 1.85 bits per heavy atom. The molecule has 4 rings (SSSR count). The summed E-state index contributed by atoms with van der Waals surface area (Å²) < 4.78 is 2.07. The van der Waals surface area contributed by atoms with Crippen LogP contribution in [0.25, 0.3) is 5.65 Å². The summed E-state index contributed by atoms with van der Waals surface area (Å²) in [6, 6.07) is 5.65. The normalized spacial score (nSPS) is 20.7. The van der Waals surface area contributed by atoms with Crippen LogP contribution in [0, 0.1) is 11.8 Å². The fourth-order valence-corrected chi connectivity index (χ4v) is 5.10. The molecule has 2 aromatic heterocycles. The lowest BCUT2D eigenvalue weighted by Gasteiger charge is -2.35. The number of halogens is 2. The molecule has 3 aromatic rings. The van der Waals surface area contributed by atoms with Crippen LogP contribution in [0.2, 0.25) is 10.0 Å². The minimum atomic E-state index is 0.553. The van der Waals surface area contributed by atoms with Gasteiger partial charge in [0.05, 0.1) is 14.9 Å². The number of anilines is 1. The van der Waals surface area contributed by atoms with E-state index in [0.29, 0.717) is 21.9 Å². The number of hydrogen-bond acceptors (Lipinski definition) is 4. The van der Waals surface area contributed by atoms with Crippen LogP contribution in [0.5, 0.6) is 0 Å². The molecule has 1 aliphatic rings. The minimum Gasteiger partial charge on any atom is -0.341 e.